The Hall–Kier alpha value is -1.90. The van der Waals surface area contributed by atoms with Gasteiger partial charge >= 0.3 is 0 Å². The van der Waals surface area contributed by atoms with E-state index in [4.69, 9.17) is 21.1 Å². The number of aromatic nitrogens is 2. The highest BCUT2D eigenvalue weighted by Gasteiger charge is 2.34. The van der Waals surface area contributed by atoms with Gasteiger partial charge in [-0.05, 0) is 12.1 Å². The second kappa shape index (κ2) is 7.15. The lowest BCUT2D eigenvalue weighted by Crippen LogP contribution is -2.52. The fourth-order valence-electron chi connectivity index (χ4n) is 3.04. The van der Waals surface area contributed by atoms with Crippen molar-refractivity contribution in [1.82, 2.24) is 14.5 Å². The molecule has 0 aliphatic carbocycles. The van der Waals surface area contributed by atoms with Crippen LogP contribution in [0.4, 0.5) is 5.69 Å². The first-order chi connectivity index (χ1) is 12.2. The van der Waals surface area contributed by atoms with E-state index in [2.05, 4.69) is 14.5 Å². The smallest absolute Gasteiger partial charge is 0.265 e. The third-order valence-corrected chi connectivity index (χ3v) is 5.29. The molecular formula is C16H17ClN4O3S. The van der Waals surface area contributed by atoms with E-state index in [-0.39, 0.29) is 5.91 Å². The first-order valence-electron chi connectivity index (χ1n) is 8.06. The number of carbonyl (C=O) groups is 1. The number of anilines is 1. The van der Waals surface area contributed by atoms with Crippen LogP contribution in [0.2, 0.25) is 4.34 Å². The molecule has 1 aromatic heterocycles. The van der Waals surface area contributed by atoms with Crippen molar-refractivity contribution in [3.05, 3.63) is 34.3 Å². The largest absolute Gasteiger partial charge is 0.477 e. The molecule has 1 saturated heterocycles. The van der Waals surface area contributed by atoms with Crippen LogP contribution in [0.3, 0.4) is 0 Å². The maximum atomic E-state index is 12.8. The van der Waals surface area contributed by atoms with Gasteiger partial charge in [-0.3, -0.25) is 4.79 Å². The number of fused-ring (bicyclic) bond motifs is 1. The highest BCUT2D eigenvalue weighted by atomic mass is 35.5. The first kappa shape index (κ1) is 16.6. The summed E-state index contributed by atoms with van der Waals surface area (Å²) in [5, 5.41) is 4.08. The van der Waals surface area contributed by atoms with Crippen LogP contribution in [0, 0.1) is 0 Å². The van der Waals surface area contributed by atoms with Crippen LogP contribution >= 0.6 is 23.1 Å². The summed E-state index contributed by atoms with van der Waals surface area (Å²) in [6, 6.07) is 7.69. The molecule has 0 spiro atoms. The molecule has 0 saturated carbocycles. The van der Waals surface area contributed by atoms with Crippen LogP contribution in [-0.4, -0.2) is 59.3 Å². The molecule has 1 aromatic carbocycles. The average Bonchev–Trinajstić information content (AvgIpc) is 3.06. The Bertz CT molecular complexity index is 765. The molecule has 1 fully saturated rings. The molecule has 2 aromatic rings. The monoisotopic (exact) mass is 380 g/mol. The van der Waals surface area contributed by atoms with Gasteiger partial charge in [-0.15, -0.1) is 5.10 Å². The van der Waals surface area contributed by atoms with Crippen molar-refractivity contribution in [2.45, 2.75) is 12.6 Å². The Morgan fingerprint density at radius 1 is 1.32 bits per heavy atom. The van der Waals surface area contributed by atoms with E-state index < -0.39 is 6.10 Å². The summed E-state index contributed by atoms with van der Waals surface area (Å²) >= 11 is 7.31. The van der Waals surface area contributed by atoms with Gasteiger partial charge in [-0.2, -0.15) is 0 Å². The molecule has 25 heavy (non-hydrogen) atoms. The number of hydrogen-bond acceptors (Lipinski definition) is 7. The third-order valence-electron chi connectivity index (χ3n) is 4.31. The van der Waals surface area contributed by atoms with Gasteiger partial charge in [0.15, 0.2) is 6.10 Å². The van der Waals surface area contributed by atoms with Crippen LogP contribution in [0.15, 0.2) is 24.3 Å². The Morgan fingerprint density at radius 3 is 2.88 bits per heavy atom. The zero-order chi connectivity index (χ0) is 17.2. The number of benzene rings is 1. The number of hydrogen-bond donors (Lipinski definition) is 0. The highest BCUT2D eigenvalue weighted by molar-refractivity contribution is 7.10. The number of morpholine rings is 1. The molecule has 0 bridgehead atoms. The van der Waals surface area contributed by atoms with Gasteiger partial charge < -0.3 is 19.3 Å². The Kier molecular flexibility index (Phi) is 4.74. The Balaban J connectivity index is 1.57. The lowest BCUT2D eigenvalue weighted by atomic mass is 10.1. The lowest BCUT2D eigenvalue weighted by Gasteiger charge is -2.38. The van der Waals surface area contributed by atoms with E-state index in [9.17, 15) is 4.79 Å². The second-order valence-corrected chi connectivity index (χ2v) is 7.24. The second-order valence-electron chi connectivity index (χ2n) is 5.89. The third kappa shape index (κ3) is 3.42. The van der Waals surface area contributed by atoms with Crippen LogP contribution in [-0.2, 0) is 16.1 Å². The van der Waals surface area contributed by atoms with E-state index in [0.717, 1.165) is 17.2 Å². The standard InChI is InChI=1S/C16H17ClN4O3S/c17-15-11(18-19-25-15)9-21-10-14(16(22)20-5-7-23-8-6-20)24-13-4-2-1-3-12(13)21/h1-4,14H,5-10H2. The molecule has 1 unspecified atom stereocenters. The van der Waals surface area contributed by atoms with Gasteiger partial charge in [0.2, 0.25) is 0 Å². The maximum Gasteiger partial charge on any atom is 0.265 e. The summed E-state index contributed by atoms with van der Waals surface area (Å²) in [6.45, 7) is 3.27. The van der Waals surface area contributed by atoms with Crippen LogP contribution in [0.25, 0.3) is 0 Å². The van der Waals surface area contributed by atoms with Crippen molar-refractivity contribution in [3.63, 3.8) is 0 Å². The summed E-state index contributed by atoms with van der Waals surface area (Å²) in [4.78, 5) is 16.7. The summed E-state index contributed by atoms with van der Waals surface area (Å²) in [5.41, 5.74) is 1.64. The molecule has 132 valence electrons. The highest BCUT2D eigenvalue weighted by Crippen LogP contribution is 2.35. The van der Waals surface area contributed by atoms with Crippen molar-refractivity contribution >= 4 is 34.7 Å². The minimum Gasteiger partial charge on any atom is -0.477 e. The molecule has 0 radical (unpaired) electrons. The van der Waals surface area contributed by atoms with E-state index in [1.165, 1.54) is 0 Å². The van der Waals surface area contributed by atoms with Crippen LogP contribution in [0.5, 0.6) is 5.75 Å². The molecule has 1 amide bonds. The Morgan fingerprint density at radius 2 is 2.12 bits per heavy atom. The number of carbonyl (C=O) groups excluding carboxylic acids is 1. The van der Waals surface area contributed by atoms with E-state index >= 15 is 0 Å². The van der Waals surface area contributed by atoms with Gasteiger partial charge in [0.1, 0.15) is 15.8 Å². The molecule has 2 aliphatic heterocycles. The predicted octanol–water partition coefficient (Wildman–Crippen LogP) is 1.82. The fourth-order valence-corrected chi connectivity index (χ4v) is 3.66. The molecule has 0 N–H and O–H groups in total. The van der Waals surface area contributed by atoms with Crippen LogP contribution in [0.1, 0.15) is 5.69 Å². The normalized spacial score (nSPS) is 20.1. The quantitative estimate of drug-likeness (QED) is 0.809. The number of amides is 1. The first-order valence-corrected chi connectivity index (χ1v) is 9.21. The number of rotatable bonds is 3. The Labute approximate surface area is 154 Å². The van der Waals surface area contributed by atoms with Gasteiger partial charge in [-0.1, -0.05) is 28.2 Å². The maximum absolute atomic E-state index is 12.8. The zero-order valence-electron chi connectivity index (χ0n) is 13.4. The molecule has 7 nitrogen and oxygen atoms in total. The zero-order valence-corrected chi connectivity index (χ0v) is 15.0. The molecule has 3 heterocycles. The minimum absolute atomic E-state index is 0.00898. The molecule has 2 aliphatic rings. The topological polar surface area (TPSA) is 67.8 Å². The summed E-state index contributed by atoms with van der Waals surface area (Å²) in [5.74, 6) is 0.685. The van der Waals surface area contributed by atoms with Gasteiger partial charge in [0.05, 0.1) is 32.0 Å². The van der Waals surface area contributed by atoms with Gasteiger partial charge in [-0.25, -0.2) is 0 Å². The van der Waals surface area contributed by atoms with E-state index in [1.54, 1.807) is 4.90 Å². The summed E-state index contributed by atoms with van der Waals surface area (Å²) < 4.78 is 15.8. The summed E-state index contributed by atoms with van der Waals surface area (Å²) in [7, 11) is 0. The SMILES string of the molecule is O=C(C1CN(Cc2nnsc2Cl)c2ccccc2O1)N1CCOCC1. The van der Waals surface area contributed by atoms with Crippen molar-refractivity contribution in [3.8, 4) is 5.75 Å². The lowest BCUT2D eigenvalue weighted by molar-refractivity contribution is -0.142. The fraction of sp³-hybridized carbons (Fsp3) is 0.438. The molecule has 1 atom stereocenters. The predicted molar refractivity (Wildman–Crippen MR) is 94.2 cm³/mol. The van der Waals surface area contributed by atoms with Crippen molar-refractivity contribution in [1.29, 1.82) is 0 Å². The number of para-hydroxylation sites is 2. The van der Waals surface area contributed by atoms with Crippen LogP contribution < -0.4 is 9.64 Å². The van der Waals surface area contributed by atoms with Crippen molar-refractivity contribution in [2.24, 2.45) is 0 Å². The van der Waals surface area contributed by atoms with Gasteiger partial charge in [0, 0.05) is 24.6 Å². The van der Waals surface area contributed by atoms with Gasteiger partial charge in [0.25, 0.3) is 5.91 Å². The van der Waals surface area contributed by atoms with Crippen molar-refractivity contribution in [2.75, 3.05) is 37.7 Å². The number of halogens is 1. The van der Waals surface area contributed by atoms with E-state index in [0.29, 0.717) is 55.2 Å². The molecular weight excluding hydrogens is 364 g/mol. The number of nitrogens with zero attached hydrogens (tertiary/aromatic N) is 4. The average molecular weight is 381 g/mol. The molecule has 9 heteroatoms. The van der Waals surface area contributed by atoms with E-state index in [1.807, 2.05) is 24.3 Å². The molecule has 4 rings (SSSR count). The summed E-state index contributed by atoms with van der Waals surface area (Å²) in [6.07, 6.45) is -0.557. The number of ether oxygens (including phenoxy) is 2. The minimum atomic E-state index is -0.557. The van der Waals surface area contributed by atoms with Crippen molar-refractivity contribution < 1.29 is 14.3 Å².